The molecule has 0 saturated carbocycles. The number of Topliss-reactive ketones (excluding diaryl/α,β-unsaturated/α-hetero) is 1. The summed E-state index contributed by atoms with van der Waals surface area (Å²) < 4.78 is 6.10. The SMILES string of the molecule is CCCCC(=O)C1=C(C(=O)OC(c2ccccc2)c2ccccc2)N2C(=O)C(NC(=O)Cc3ccccc3)[C@@H]2SC1. The molecular formula is C33H32N2O5S. The Balaban J connectivity index is 1.41. The first-order chi connectivity index (χ1) is 20.0. The molecule has 1 unspecified atom stereocenters. The number of ketones is 1. The van der Waals surface area contributed by atoms with Crippen LogP contribution in [0.4, 0.5) is 0 Å². The first-order valence-corrected chi connectivity index (χ1v) is 14.9. The van der Waals surface area contributed by atoms with Crippen LogP contribution in [0.25, 0.3) is 0 Å². The number of benzene rings is 3. The van der Waals surface area contributed by atoms with Gasteiger partial charge in [0.2, 0.25) is 5.91 Å². The molecule has 2 heterocycles. The number of unbranched alkanes of at least 4 members (excludes halogenated alkanes) is 1. The maximum absolute atomic E-state index is 13.9. The van der Waals surface area contributed by atoms with E-state index in [-0.39, 0.29) is 36.0 Å². The van der Waals surface area contributed by atoms with E-state index in [0.717, 1.165) is 23.1 Å². The fourth-order valence-electron chi connectivity index (χ4n) is 5.06. The van der Waals surface area contributed by atoms with Crippen LogP contribution in [0.15, 0.2) is 102 Å². The highest BCUT2D eigenvalue weighted by atomic mass is 32.2. The predicted octanol–water partition coefficient (Wildman–Crippen LogP) is 4.98. The van der Waals surface area contributed by atoms with Crippen molar-refractivity contribution in [3.63, 3.8) is 0 Å². The molecule has 0 bridgehead atoms. The Bertz CT molecular complexity index is 1400. The number of fused-ring (bicyclic) bond motifs is 1. The zero-order valence-electron chi connectivity index (χ0n) is 22.8. The largest absolute Gasteiger partial charge is 0.448 e. The van der Waals surface area contributed by atoms with Crippen LogP contribution in [0, 0.1) is 0 Å². The van der Waals surface area contributed by atoms with Gasteiger partial charge in [0, 0.05) is 17.7 Å². The summed E-state index contributed by atoms with van der Waals surface area (Å²) in [5.41, 5.74) is 2.67. The van der Waals surface area contributed by atoms with Gasteiger partial charge in [-0.1, -0.05) is 104 Å². The predicted molar refractivity (Wildman–Crippen MR) is 158 cm³/mol. The minimum atomic E-state index is -0.787. The van der Waals surface area contributed by atoms with E-state index >= 15 is 0 Å². The van der Waals surface area contributed by atoms with Gasteiger partial charge in [-0.15, -0.1) is 11.8 Å². The van der Waals surface area contributed by atoms with Gasteiger partial charge in [-0.2, -0.15) is 0 Å². The van der Waals surface area contributed by atoms with Gasteiger partial charge in [0.15, 0.2) is 11.9 Å². The summed E-state index contributed by atoms with van der Waals surface area (Å²) in [5, 5.41) is 2.33. The van der Waals surface area contributed by atoms with E-state index < -0.39 is 29.4 Å². The lowest BCUT2D eigenvalue weighted by Crippen LogP contribution is -2.70. The van der Waals surface area contributed by atoms with E-state index in [1.807, 2.05) is 97.9 Å². The molecule has 1 N–H and O–H groups in total. The van der Waals surface area contributed by atoms with Crippen molar-refractivity contribution in [2.45, 2.75) is 50.1 Å². The van der Waals surface area contributed by atoms with Crippen molar-refractivity contribution in [2.24, 2.45) is 0 Å². The first-order valence-electron chi connectivity index (χ1n) is 13.8. The van der Waals surface area contributed by atoms with Crippen molar-refractivity contribution < 1.29 is 23.9 Å². The summed E-state index contributed by atoms with van der Waals surface area (Å²) >= 11 is 1.38. The van der Waals surface area contributed by atoms with Gasteiger partial charge >= 0.3 is 5.97 Å². The molecule has 1 saturated heterocycles. The summed E-state index contributed by atoms with van der Waals surface area (Å²) in [6.07, 6.45) is 1.21. The molecule has 2 aliphatic rings. The van der Waals surface area contributed by atoms with Crippen molar-refractivity contribution >= 4 is 35.3 Å². The molecule has 0 aromatic heterocycles. The molecule has 3 aromatic carbocycles. The highest BCUT2D eigenvalue weighted by molar-refractivity contribution is 8.00. The molecule has 2 aliphatic heterocycles. The number of esters is 1. The van der Waals surface area contributed by atoms with E-state index in [0.29, 0.717) is 12.0 Å². The van der Waals surface area contributed by atoms with Crippen LogP contribution < -0.4 is 5.32 Å². The van der Waals surface area contributed by atoms with Crippen LogP contribution in [0.1, 0.15) is 49.0 Å². The van der Waals surface area contributed by atoms with Crippen LogP contribution in [-0.2, 0) is 30.3 Å². The molecule has 210 valence electrons. The van der Waals surface area contributed by atoms with Crippen molar-refractivity contribution in [3.8, 4) is 0 Å². The number of carbonyl (C=O) groups is 4. The number of β-lactam (4-membered cyclic amide) rings is 1. The summed E-state index contributed by atoms with van der Waals surface area (Å²) in [6, 6.07) is 27.2. The number of rotatable bonds is 11. The monoisotopic (exact) mass is 568 g/mol. The van der Waals surface area contributed by atoms with Crippen molar-refractivity contribution in [2.75, 3.05) is 5.75 Å². The van der Waals surface area contributed by atoms with Crippen molar-refractivity contribution in [1.29, 1.82) is 0 Å². The number of nitrogens with one attached hydrogen (secondary N) is 1. The smallest absolute Gasteiger partial charge is 0.356 e. The average molecular weight is 569 g/mol. The van der Waals surface area contributed by atoms with Gasteiger partial charge in [0.1, 0.15) is 17.1 Å². The van der Waals surface area contributed by atoms with E-state index in [1.165, 1.54) is 16.7 Å². The molecule has 7 nitrogen and oxygen atoms in total. The second-order valence-corrected chi connectivity index (χ2v) is 11.2. The average Bonchev–Trinajstić information content (AvgIpc) is 3.01. The summed E-state index contributed by atoms with van der Waals surface area (Å²) in [7, 11) is 0. The lowest BCUT2D eigenvalue weighted by molar-refractivity contribution is -0.154. The van der Waals surface area contributed by atoms with Gasteiger partial charge < -0.3 is 10.1 Å². The van der Waals surface area contributed by atoms with Crippen LogP contribution >= 0.6 is 11.8 Å². The maximum Gasteiger partial charge on any atom is 0.356 e. The third kappa shape index (κ3) is 6.28. The molecule has 41 heavy (non-hydrogen) atoms. The number of hydrogen-bond donors (Lipinski definition) is 1. The molecule has 2 amide bonds. The number of ether oxygens (including phenoxy) is 1. The standard InChI is InChI=1S/C33H32N2O5S/c1-2-3-19-26(36)25-21-41-32-28(34-27(37)20-22-13-7-4-8-14-22)31(38)35(32)29(25)33(39)40-30(23-15-9-5-10-16-23)24-17-11-6-12-18-24/h4-18,28,30,32H,2-3,19-21H2,1H3,(H,34,37)/t28?,32-/m0/s1. The zero-order valence-corrected chi connectivity index (χ0v) is 23.6. The van der Waals surface area contributed by atoms with Gasteiger partial charge in [0.25, 0.3) is 5.91 Å². The van der Waals surface area contributed by atoms with Crippen molar-refractivity contribution in [3.05, 3.63) is 119 Å². The van der Waals surface area contributed by atoms with E-state index in [1.54, 1.807) is 0 Å². The van der Waals surface area contributed by atoms with Gasteiger partial charge in [-0.3, -0.25) is 19.3 Å². The molecule has 0 aliphatic carbocycles. The lowest BCUT2D eigenvalue weighted by Gasteiger charge is -2.49. The van der Waals surface area contributed by atoms with E-state index in [2.05, 4.69) is 5.32 Å². The minimum absolute atomic E-state index is 0.00901. The van der Waals surface area contributed by atoms with Crippen LogP contribution in [-0.4, -0.2) is 45.6 Å². The van der Waals surface area contributed by atoms with Crippen LogP contribution in [0.3, 0.4) is 0 Å². The third-order valence-corrected chi connectivity index (χ3v) is 8.49. The number of thioether (sulfide) groups is 1. The topological polar surface area (TPSA) is 92.8 Å². The lowest BCUT2D eigenvalue weighted by atomic mass is 9.98. The number of amides is 2. The van der Waals surface area contributed by atoms with E-state index in [9.17, 15) is 19.2 Å². The second kappa shape index (κ2) is 13.0. The summed E-state index contributed by atoms with van der Waals surface area (Å²) in [6.45, 7) is 1.99. The maximum atomic E-state index is 13.9. The summed E-state index contributed by atoms with van der Waals surface area (Å²) in [4.78, 5) is 54.7. The second-order valence-electron chi connectivity index (χ2n) is 10.1. The van der Waals surface area contributed by atoms with Gasteiger partial charge in [-0.25, -0.2) is 4.79 Å². The highest BCUT2D eigenvalue weighted by Gasteiger charge is 2.55. The Morgan fingerprint density at radius 1 is 0.927 bits per heavy atom. The highest BCUT2D eigenvalue weighted by Crippen LogP contribution is 2.42. The quantitative estimate of drug-likeness (QED) is 0.259. The third-order valence-electron chi connectivity index (χ3n) is 7.21. The molecule has 0 radical (unpaired) electrons. The Hall–Kier alpha value is -4.17. The normalized spacial score (nSPS) is 18.0. The van der Waals surface area contributed by atoms with Gasteiger partial charge in [-0.05, 0) is 23.1 Å². The zero-order chi connectivity index (χ0) is 28.8. The Kier molecular flexibility index (Phi) is 8.99. The van der Waals surface area contributed by atoms with E-state index in [4.69, 9.17) is 4.74 Å². The van der Waals surface area contributed by atoms with Crippen LogP contribution in [0.2, 0.25) is 0 Å². The Morgan fingerprint density at radius 2 is 1.51 bits per heavy atom. The molecule has 1 fully saturated rings. The number of nitrogens with zero attached hydrogens (tertiary/aromatic N) is 1. The molecule has 8 heteroatoms. The molecule has 3 aromatic rings. The number of hydrogen-bond acceptors (Lipinski definition) is 6. The molecular weight excluding hydrogens is 536 g/mol. The minimum Gasteiger partial charge on any atom is -0.448 e. The first kappa shape index (κ1) is 28.4. The Labute approximate surface area is 244 Å². The summed E-state index contributed by atoms with van der Waals surface area (Å²) in [5.74, 6) is -1.33. The van der Waals surface area contributed by atoms with Gasteiger partial charge in [0.05, 0.1) is 6.42 Å². The molecule has 5 rings (SSSR count). The Morgan fingerprint density at radius 3 is 2.10 bits per heavy atom. The van der Waals surface area contributed by atoms with Crippen LogP contribution in [0.5, 0.6) is 0 Å². The fraction of sp³-hybridized carbons (Fsp3) is 0.273. The molecule has 2 atom stereocenters. The number of carbonyl (C=O) groups excluding carboxylic acids is 4. The van der Waals surface area contributed by atoms with Crippen molar-refractivity contribution in [1.82, 2.24) is 10.2 Å². The fourth-order valence-corrected chi connectivity index (χ4v) is 6.43. The molecule has 0 spiro atoms.